The molecule has 0 saturated heterocycles. The van der Waals surface area contributed by atoms with Gasteiger partial charge in [-0.25, -0.2) is 9.59 Å². The molecule has 0 saturated carbocycles. The Morgan fingerprint density at radius 1 is 0.917 bits per heavy atom. The Bertz CT molecular complexity index is 427. The van der Waals surface area contributed by atoms with E-state index < -0.39 is 23.3 Å². The monoisotopic (exact) mass is 341 g/mol. The predicted octanol–water partition coefficient (Wildman–Crippen LogP) is 4.75. The first-order valence-corrected chi connectivity index (χ1v) is 8.89. The number of carbonyl (C=O) groups is 2. The van der Waals surface area contributed by atoms with E-state index in [1.807, 2.05) is 0 Å². The topological polar surface area (TPSA) is 64.6 Å². The molecule has 0 heterocycles. The Kier molecular flexibility index (Phi) is 9.71. The quantitative estimate of drug-likeness (QED) is 0.334. The van der Waals surface area contributed by atoms with Gasteiger partial charge >= 0.3 is 12.1 Å². The summed E-state index contributed by atoms with van der Waals surface area (Å²) in [5.41, 5.74) is -1.63. The van der Waals surface area contributed by atoms with Crippen LogP contribution >= 0.6 is 0 Å². The fourth-order valence-corrected chi connectivity index (χ4v) is 1.93. The van der Waals surface area contributed by atoms with Crippen LogP contribution in [0.25, 0.3) is 0 Å². The van der Waals surface area contributed by atoms with Crippen molar-refractivity contribution in [1.29, 1.82) is 0 Å². The van der Waals surface area contributed by atoms with Crippen LogP contribution in [-0.2, 0) is 14.3 Å². The summed E-state index contributed by atoms with van der Waals surface area (Å²) in [5, 5.41) is 2.76. The van der Waals surface area contributed by atoms with Crippen molar-refractivity contribution in [2.75, 3.05) is 6.54 Å². The number of rotatable bonds is 11. The van der Waals surface area contributed by atoms with E-state index in [0.717, 1.165) is 12.8 Å². The molecule has 1 N–H and O–H groups in total. The fraction of sp³-hybridized carbons (Fsp3) is 0.789. The molecule has 0 bridgehead atoms. The molecule has 0 aliphatic heterocycles. The number of nitrogens with one attached hydrogen (secondary N) is 1. The molecule has 0 radical (unpaired) electrons. The second-order valence-corrected chi connectivity index (χ2v) is 7.27. The zero-order valence-corrected chi connectivity index (χ0v) is 16.3. The lowest BCUT2D eigenvalue weighted by Gasteiger charge is -2.39. The van der Waals surface area contributed by atoms with Crippen LogP contribution in [0.15, 0.2) is 12.2 Å². The summed E-state index contributed by atoms with van der Waals surface area (Å²) < 4.78 is 10.9. The van der Waals surface area contributed by atoms with Crippen LogP contribution < -0.4 is 5.32 Å². The lowest BCUT2D eigenvalue weighted by molar-refractivity contribution is -0.176. The highest BCUT2D eigenvalue weighted by molar-refractivity contribution is 5.87. The summed E-state index contributed by atoms with van der Waals surface area (Å²) in [6, 6.07) is 0. The lowest BCUT2D eigenvalue weighted by Crippen LogP contribution is -2.52. The summed E-state index contributed by atoms with van der Waals surface area (Å²) in [5.74, 6) is -0.496. The third-order valence-electron chi connectivity index (χ3n) is 4.29. The second kappa shape index (κ2) is 10.4. The second-order valence-electron chi connectivity index (χ2n) is 7.27. The average Bonchev–Trinajstić information content (AvgIpc) is 2.45. The summed E-state index contributed by atoms with van der Waals surface area (Å²) >= 11 is 0. The minimum Gasteiger partial charge on any atom is -0.452 e. The number of ether oxygens (including phenoxy) is 2. The van der Waals surface area contributed by atoms with Crippen molar-refractivity contribution < 1.29 is 19.1 Å². The Balaban J connectivity index is 4.25. The number of unbranched alkanes of at least 4 members (excludes halogenated alkanes) is 5. The number of carbonyl (C=O) groups excluding carboxylic acids is 2. The van der Waals surface area contributed by atoms with Gasteiger partial charge < -0.3 is 14.8 Å². The van der Waals surface area contributed by atoms with Crippen molar-refractivity contribution in [3.05, 3.63) is 12.2 Å². The van der Waals surface area contributed by atoms with Gasteiger partial charge in [0.15, 0.2) is 0 Å². The highest BCUT2D eigenvalue weighted by atomic mass is 16.6. The van der Waals surface area contributed by atoms with Gasteiger partial charge in [0.2, 0.25) is 0 Å². The first-order chi connectivity index (χ1) is 11.0. The molecule has 0 rings (SSSR count). The zero-order valence-electron chi connectivity index (χ0n) is 16.3. The molecule has 140 valence electrons. The van der Waals surface area contributed by atoms with Gasteiger partial charge in [0, 0.05) is 12.1 Å². The number of alkyl carbamates (subject to hydrolysis) is 1. The smallest absolute Gasteiger partial charge is 0.407 e. The van der Waals surface area contributed by atoms with E-state index in [0.29, 0.717) is 12.1 Å². The molecule has 0 spiro atoms. The maximum atomic E-state index is 12.0. The maximum Gasteiger partial charge on any atom is 0.407 e. The Morgan fingerprint density at radius 3 is 1.96 bits per heavy atom. The van der Waals surface area contributed by atoms with E-state index in [1.54, 1.807) is 34.6 Å². The molecule has 5 nitrogen and oxygen atoms in total. The van der Waals surface area contributed by atoms with Crippen LogP contribution in [-0.4, -0.2) is 29.8 Å². The molecule has 0 aromatic carbocycles. The number of hydrogen-bond acceptors (Lipinski definition) is 4. The molecular formula is C19H35NO4. The minimum absolute atomic E-state index is 0.311. The third kappa shape index (κ3) is 8.37. The summed E-state index contributed by atoms with van der Waals surface area (Å²) in [7, 11) is 0. The first-order valence-electron chi connectivity index (χ1n) is 8.89. The molecule has 5 heteroatoms. The minimum atomic E-state index is -0.972. The fourth-order valence-electron chi connectivity index (χ4n) is 1.93. The van der Waals surface area contributed by atoms with E-state index >= 15 is 0 Å². The van der Waals surface area contributed by atoms with Gasteiger partial charge in [-0.3, -0.25) is 0 Å². The molecule has 0 aliphatic rings. The Morgan fingerprint density at radius 2 is 1.42 bits per heavy atom. The van der Waals surface area contributed by atoms with E-state index in [4.69, 9.17) is 9.47 Å². The van der Waals surface area contributed by atoms with Gasteiger partial charge in [-0.1, -0.05) is 45.6 Å². The van der Waals surface area contributed by atoms with Crippen molar-refractivity contribution in [2.45, 2.75) is 91.3 Å². The Hall–Kier alpha value is -1.52. The number of esters is 1. The maximum absolute atomic E-state index is 12.0. The van der Waals surface area contributed by atoms with Gasteiger partial charge in [-0.2, -0.15) is 0 Å². The largest absolute Gasteiger partial charge is 0.452 e. The predicted molar refractivity (Wildman–Crippen MR) is 96.9 cm³/mol. The van der Waals surface area contributed by atoms with Crippen molar-refractivity contribution in [1.82, 2.24) is 5.32 Å². The molecule has 0 aromatic rings. The molecule has 1 amide bonds. The summed E-state index contributed by atoms with van der Waals surface area (Å²) in [4.78, 5) is 23.7. The van der Waals surface area contributed by atoms with E-state index in [-0.39, 0.29) is 0 Å². The highest BCUT2D eigenvalue weighted by Crippen LogP contribution is 2.30. The molecule has 0 aromatic heterocycles. The van der Waals surface area contributed by atoms with Crippen LogP contribution in [0.2, 0.25) is 0 Å². The average molecular weight is 341 g/mol. The van der Waals surface area contributed by atoms with Gasteiger partial charge in [0.25, 0.3) is 0 Å². The molecule has 24 heavy (non-hydrogen) atoms. The molecular weight excluding hydrogens is 306 g/mol. The zero-order chi connectivity index (χ0) is 18.8. The number of hydrogen-bond donors (Lipinski definition) is 1. The van der Waals surface area contributed by atoms with E-state index in [2.05, 4.69) is 18.8 Å². The van der Waals surface area contributed by atoms with Crippen LogP contribution in [0.3, 0.4) is 0 Å². The van der Waals surface area contributed by atoms with Crippen LogP contribution in [0.4, 0.5) is 4.79 Å². The summed E-state index contributed by atoms with van der Waals surface area (Å²) in [6.45, 7) is 14.8. The summed E-state index contributed by atoms with van der Waals surface area (Å²) in [6.07, 6.45) is 6.48. The number of amides is 1. The van der Waals surface area contributed by atoms with Crippen molar-refractivity contribution >= 4 is 12.1 Å². The molecule has 0 fully saturated rings. The Labute approximate surface area is 147 Å². The van der Waals surface area contributed by atoms with Crippen molar-refractivity contribution in [3.63, 3.8) is 0 Å². The van der Waals surface area contributed by atoms with Crippen LogP contribution in [0, 0.1) is 0 Å². The van der Waals surface area contributed by atoms with E-state index in [1.165, 1.54) is 25.7 Å². The van der Waals surface area contributed by atoms with Crippen molar-refractivity contribution in [3.8, 4) is 0 Å². The third-order valence-corrected chi connectivity index (χ3v) is 4.29. The van der Waals surface area contributed by atoms with Crippen LogP contribution in [0.1, 0.15) is 80.1 Å². The van der Waals surface area contributed by atoms with Gasteiger partial charge in [0.05, 0.1) is 0 Å². The van der Waals surface area contributed by atoms with Gasteiger partial charge in [0.1, 0.15) is 11.2 Å². The SMILES string of the molecule is C=C(C)C(=O)OC(C)(C)C(C)(C)OC(=O)NCCCCCCCC. The normalized spacial score (nSPS) is 11.8. The standard InChI is InChI=1S/C19H35NO4/c1-8-9-10-11-12-13-14-20-17(22)24-19(6,7)18(4,5)23-16(21)15(2)3/h2,8-14H2,1,3-7H3,(H,20,22). The van der Waals surface area contributed by atoms with Gasteiger partial charge in [-0.15, -0.1) is 0 Å². The molecule has 0 atom stereocenters. The van der Waals surface area contributed by atoms with Crippen LogP contribution in [0.5, 0.6) is 0 Å². The molecule has 0 aliphatic carbocycles. The van der Waals surface area contributed by atoms with E-state index in [9.17, 15) is 9.59 Å². The first kappa shape index (κ1) is 22.5. The van der Waals surface area contributed by atoms with Crippen molar-refractivity contribution in [2.24, 2.45) is 0 Å². The molecule has 0 unspecified atom stereocenters. The lowest BCUT2D eigenvalue weighted by atomic mass is 9.89. The van der Waals surface area contributed by atoms with Gasteiger partial charge in [-0.05, 0) is 41.0 Å². The highest BCUT2D eigenvalue weighted by Gasteiger charge is 2.44.